The van der Waals surface area contributed by atoms with Gasteiger partial charge in [0.15, 0.2) is 0 Å². The van der Waals surface area contributed by atoms with Gasteiger partial charge in [-0.05, 0) is 13.0 Å². The number of hydrogen-bond donors (Lipinski definition) is 1. The summed E-state index contributed by atoms with van der Waals surface area (Å²) >= 11 is 1.91. The number of imidazole rings is 1. The van der Waals surface area contributed by atoms with Gasteiger partial charge in [0.05, 0.1) is 5.75 Å². The second kappa shape index (κ2) is 5.29. The van der Waals surface area contributed by atoms with Crippen molar-refractivity contribution in [2.45, 2.75) is 24.3 Å². The van der Waals surface area contributed by atoms with E-state index in [0.717, 1.165) is 24.5 Å². The molecule has 0 saturated carbocycles. The van der Waals surface area contributed by atoms with E-state index in [1.165, 1.54) is 0 Å². The van der Waals surface area contributed by atoms with E-state index < -0.39 is 0 Å². The van der Waals surface area contributed by atoms with Gasteiger partial charge < -0.3 is 10.3 Å². The summed E-state index contributed by atoms with van der Waals surface area (Å²) in [6, 6.07) is 0. The molecule has 0 bridgehead atoms. The Bertz CT molecular complexity index is 247. The Morgan fingerprint density at radius 2 is 2.46 bits per heavy atom. The number of thioether (sulfide) groups is 1. The maximum absolute atomic E-state index is 5.47. The van der Waals surface area contributed by atoms with Crippen LogP contribution in [-0.2, 0) is 12.8 Å². The minimum Gasteiger partial charge on any atom is -0.337 e. The van der Waals surface area contributed by atoms with Gasteiger partial charge in [0.1, 0.15) is 5.82 Å². The van der Waals surface area contributed by atoms with Crippen molar-refractivity contribution in [3.8, 4) is 0 Å². The van der Waals surface area contributed by atoms with Crippen molar-refractivity contribution in [2.75, 3.05) is 6.54 Å². The average Bonchev–Trinajstić information content (AvgIpc) is 2.48. The maximum Gasteiger partial charge on any atom is 0.118 e. The lowest BCUT2D eigenvalue weighted by atomic mass is 10.3. The summed E-state index contributed by atoms with van der Waals surface area (Å²) in [4.78, 5) is 4.26. The highest BCUT2D eigenvalue weighted by atomic mass is 32.2. The van der Waals surface area contributed by atoms with Crippen LogP contribution in [0.5, 0.6) is 0 Å². The predicted molar refractivity (Wildman–Crippen MR) is 57.6 cm³/mol. The Kier molecular flexibility index (Phi) is 4.32. The van der Waals surface area contributed by atoms with Crippen LogP contribution in [0, 0.1) is 0 Å². The highest BCUT2D eigenvalue weighted by Gasteiger charge is 2.04. The third-order valence-corrected chi connectivity index (χ3v) is 3.22. The van der Waals surface area contributed by atoms with Crippen LogP contribution in [0.1, 0.15) is 19.2 Å². The normalized spacial score (nSPS) is 13.2. The zero-order valence-electron chi connectivity index (χ0n) is 8.23. The SMILES string of the molecule is CC(CCN)SCc1nccn1C. The predicted octanol–water partition coefficient (Wildman–Crippen LogP) is 1.39. The largest absolute Gasteiger partial charge is 0.337 e. The third-order valence-electron chi connectivity index (χ3n) is 1.99. The lowest BCUT2D eigenvalue weighted by Crippen LogP contribution is -2.08. The summed E-state index contributed by atoms with van der Waals surface area (Å²) in [6.45, 7) is 2.98. The van der Waals surface area contributed by atoms with Crippen LogP contribution in [0.3, 0.4) is 0 Å². The number of hydrogen-bond acceptors (Lipinski definition) is 3. The monoisotopic (exact) mass is 199 g/mol. The molecule has 1 rings (SSSR count). The Hall–Kier alpha value is -0.480. The quantitative estimate of drug-likeness (QED) is 0.779. The summed E-state index contributed by atoms with van der Waals surface area (Å²) in [5.74, 6) is 2.11. The van der Waals surface area contributed by atoms with Crippen molar-refractivity contribution in [3.05, 3.63) is 18.2 Å². The van der Waals surface area contributed by atoms with Crippen molar-refractivity contribution < 1.29 is 0 Å². The minimum atomic E-state index is 0.627. The molecule has 74 valence electrons. The summed E-state index contributed by atoms with van der Waals surface area (Å²) in [7, 11) is 2.02. The number of rotatable bonds is 5. The van der Waals surface area contributed by atoms with Crippen LogP contribution in [0.4, 0.5) is 0 Å². The summed E-state index contributed by atoms with van der Waals surface area (Å²) in [6.07, 6.45) is 4.89. The molecule has 0 aliphatic carbocycles. The first-order valence-electron chi connectivity index (χ1n) is 4.52. The highest BCUT2D eigenvalue weighted by molar-refractivity contribution is 7.99. The highest BCUT2D eigenvalue weighted by Crippen LogP contribution is 2.17. The Labute approximate surface area is 83.7 Å². The van der Waals surface area contributed by atoms with E-state index in [4.69, 9.17) is 5.73 Å². The second-order valence-electron chi connectivity index (χ2n) is 3.15. The van der Waals surface area contributed by atoms with Gasteiger partial charge in [-0.2, -0.15) is 11.8 Å². The molecule has 0 amide bonds. The van der Waals surface area contributed by atoms with Crippen LogP contribution >= 0.6 is 11.8 Å². The molecule has 1 heterocycles. The molecule has 1 unspecified atom stereocenters. The fraction of sp³-hybridized carbons (Fsp3) is 0.667. The van der Waals surface area contributed by atoms with E-state index in [2.05, 4.69) is 16.5 Å². The molecule has 1 aromatic rings. The maximum atomic E-state index is 5.47. The Morgan fingerprint density at radius 3 is 3.00 bits per heavy atom. The van der Waals surface area contributed by atoms with Crippen molar-refractivity contribution in [2.24, 2.45) is 12.8 Å². The molecule has 0 aliphatic rings. The molecule has 0 fully saturated rings. The van der Waals surface area contributed by atoms with Crippen LogP contribution in [-0.4, -0.2) is 21.3 Å². The fourth-order valence-corrected chi connectivity index (χ4v) is 2.08. The third kappa shape index (κ3) is 3.40. The van der Waals surface area contributed by atoms with Gasteiger partial charge in [0.2, 0.25) is 0 Å². The van der Waals surface area contributed by atoms with Crippen LogP contribution < -0.4 is 5.73 Å². The first-order valence-corrected chi connectivity index (χ1v) is 5.56. The second-order valence-corrected chi connectivity index (χ2v) is 4.58. The first-order chi connectivity index (χ1) is 6.24. The molecular weight excluding hydrogens is 182 g/mol. The van der Waals surface area contributed by atoms with Gasteiger partial charge in [0.25, 0.3) is 0 Å². The van der Waals surface area contributed by atoms with Crippen molar-refractivity contribution in [1.29, 1.82) is 0 Å². The van der Waals surface area contributed by atoms with Gasteiger partial charge in [-0.25, -0.2) is 4.98 Å². The molecule has 13 heavy (non-hydrogen) atoms. The summed E-state index contributed by atoms with van der Waals surface area (Å²) in [5, 5.41) is 0.627. The smallest absolute Gasteiger partial charge is 0.118 e. The molecule has 0 aliphatic heterocycles. The zero-order chi connectivity index (χ0) is 9.68. The Balaban J connectivity index is 2.30. The van der Waals surface area contributed by atoms with Gasteiger partial charge in [-0.3, -0.25) is 0 Å². The van der Waals surface area contributed by atoms with Crippen molar-refractivity contribution in [1.82, 2.24) is 9.55 Å². The van der Waals surface area contributed by atoms with Crippen LogP contribution in [0.25, 0.3) is 0 Å². The van der Waals surface area contributed by atoms with Gasteiger partial charge in [-0.1, -0.05) is 6.92 Å². The van der Waals surface area contributed by atoms with Crippen molar-refractivity contribution >= 4 is 11.8 Å². The minimum absolute atomic E-state index is 0.627. The van der Waals surface area contributed by atoms with Crippen LogP contribution in [0.15, 0.2) is 12.4 Å². The lowest BCUT2D eigenvalue weighted by Gasteiger charge is -2.08. The molecule has 3 nitrogen and oxygen atoms in total. The average molecular weight is 199 g/mol. The molecule has 1 atom stereocenters. The zero-order valence-corrected chi connectivity index (χ0v) is 9.05. The number of aromatic nitrogens is 2. The molecule has 0 spiro atoms. The van der Waals surface area contributed by atoms with Crippen molar-refractivity contribution in [3.63, 3.8) is 0 Å². The summed E-state index contributed by atoms with van der Waals surface area (Å²) in [5.41, 5.74) is 5.47. The molecular formula is C9H17N3S. The number of aryl methyl sites for hydroxylation is 1. The van der Waals surface area contributed by atoms with Crippen LogP contribution in [0.2, 0.25) is 0 Å². The molecule has 4 heteroatoms. The van der Waals surface area contributed by atoms with E-state index in [9.17, 15) is 0 Å². The van der Waals surface area contributed by atoms with E-state index in [0.29, 0.717) is 5.25 Å². The number of nitrogens with two attached hydrogens (primary N) is 1. The van der Waals surface area contributed by atoms with E-state index in [-0.39, 0.29) is 0 Å². The fourth-order valence-electron chi connectivity index (χ4n) is 1.07. The van der Waals surface area contributed by atoms with E-state index in [1.54, 1.807) is 0 Å². The molecule has 0 aromatic carbocycles. The molecule has 0 radical (unpaired) electrons. The van der Waals surface area contributed by atoms with Gasteiger partial charge in [0, 0.05) is 24.7 Å². The Morgan fingerprint density at radius 1 is 1.69 bits per heavy atom. The van der Waals surface area contributed by atoms with Gasteiger partial charge in [-0.15, -0.1) is 0 Å². The van der Waals surface area contributed by atoms with E-state index in [1.807, 2.05) is 31.2 Å². The van der Waals surface area contributed by atoms with E-state index >= 15 is 0 Å². The lowest BCUT2D eigenvalue weighted by molar-refractivity contribution is 0.814. The topological polar surface area (TPSA) is 43.8 Å². The van der Waals surface area contributed by atoms with Gasteiger partial charge >= 0.3 is 0 Å². The molecule has 1 aromatic heterocycles. The number of nitrogens with zero attached hydrogens (tertiary/aromatic N) is 2. The summed E-state index contributed by atoms with van der Waals surface area (Å²) < 4.78 is 2.06. The molecule has 0 saturated heterocycles. The standard InChI is InChI=1S/C9H17N3S/c1-8(3-4-10)13-7-9-11-5-6-12(9)2/h5-6,8H,3-4,7,10H2,1-2H3. The molecule has 2 N–H and O–H groups in total. The first kappa shape index (κ1) is 10.6.